The highest BCUT2D eigenvalue weighted by Gasteiger charge is 2.33. The Morgan fingerprint density at radius 1 is 0.750 bits per heavy atom. The Hall–Kier alpha value is -6.08. The van der Waals surface area contributed by atoms with Gasteiger partial charge in [-0.1, -0.05) is 54.6 Å². The van der Waals surface area contributed by atoms with E-state index in [9.17, 15) is 19.2 Å². The van der Waals surface area contributed by atoms with Gasteiger partial charge in [0.15, 0.2) is 13.2 Å². The molecule has 4 aromatic carbocycles. The molecule has 56 heavy (non-hydrogen) atoms. The highest BCUT2D eigenvalue weighted by atomic mass is 16.5. The molecule has 13 nitrogen and oxygen atoms in total. The maximum absolute atomic E-state index is 13.7. The number of carboxylic acid groups (broad SMARTS) is 1. The second-order valence-electron chi connectivity index (χ2n) is 14.0. The standard InChI is InChI=1S/C31H35N3O4.C12H13NO5/c1-22-17-29-26(18-28(22)37-3)34(31(36)21-38-29)20-30(35)32(2)27(19-33-15-7-8-16-33)25-13-11-24(12-14-25)23-9-5-4-6-10-23;1-7-3-10-8(4-9(7)17-2)13(5-12(15)16)11(14)6-18-10/h4-6,9-14,17-18,27H,7-8,15-16,19-21H2,1-3H3;3-4H,5-6H2,1-2H3,(H,15,16). The van der Waals surface area contributed by atoms with E-state index < -0.39 is 5.97 Å². The first-order valence-corrected chi connectivity index (χ1v) is 18.6. The molecular weight excluding hydrogens is 716 g/mol. The van der Waals surface area contributed by atoms with Crippen molar-refractivity contribution in [3.05, 3.63) is 95.6 Å². The number of aryl methyl sites for hydroxylation is 2. The van der Waals surface area contributed by atoms with Gasteiger partial charge in [0.2, 0.25) is 5.91 Å². The minimum Gasteiger partial charge on any atom is -0.496 e. The maximum atomic E-state index is 13.7. The largest absolute Gasteiger partial charge is 0.496 e. The Morgan fingerprint density at radius 2 is 1.25 bits per heavy atom. The number of fused-ring (bicyclic) bond motifs is 2. The summed E-state index contributed by atoms with van der Waals surface area (Å²) in [6.45, 7) is 5.92. The van der Waals surface area contributed by atoms with Crippen LogP contribution in [0.2, 0.25) is 0 Å². The molecule has 3 heterocycles. The number of aliphatic carboxylic acids is 1. The van der Waals surface area contributed by atoms with Gasteiger partial charge in [-0.25, -0.2) is 0 Å². The van der Waals surface area contributed by atoms with E-state index in [1.807, 2.05) is 45.2 Å². The Kier molecular flexibility index (Phi) is 12.4. The van der Waals surface area contributed by atoms with Crippen LogP contribution >= 0.6 is 0 Å². The molecule has 0 radical (unpaired) electrons. The van der Waals surface area contributed by atoms with Crippen LogP contribution in [-0.2, 0) is 19.2 Å². The van der Waals surface area contributed by atoms with Crippen molar-refractivity contribution in [3.63, 3.8) is 0 Å². The lowest BCUT2D eigenvalue weighted by Crippen LogP contribution is -2.47. The summed E-state index contributed by atoms with van der Waals surface area (Å²) in [7, 11) is 4.95. The third-order valence-electron chi connectivity index (χ3n) is 10.3. The van der Waals surface area contributed by atoms with Crippen molar-refractivity contribution >= 4 is 35.1 Å². The normalized spacial score (nSPS) is 15.4. The van der Waals surface area contributed by atoms with Gasteiger partial charge in [0.25, 0.3) is 11.8 Å². The van der Waals surface area contributed by atoms with Crippen LogP contribution in [-0.4, -0.2) is 106 Å². The third-order valence-corrected chi connectivity index (χ3v) is 10.3. The molecule has 3 aliphatic heterocycles. The predicted molar refractivity (Wildman–Crippen MR) is 212 cm³/mol. The number of likely N-dealkylation sites (N-methyl/N-ethyl adjacent to an activating group) is 1. The second-order valence-corrected chi connectivity index (χ2v) is 14.0. The molecule has 1 unspecified atom stereocenters. The van der Waals surface area contributed by atoms with Crippen molar-refractivity contribution < 1.29 is 43.2 Å². The summed E-state index contributed by atoms with van der Waals surface area (Å²) in [6.07, 6.45) is 2.36. The summed E-state index contributed by atoms with van der Waals surface area (Å²) in [5.41, 5.74) is 6.15. The minimum atomic E-state index is -1.07. The summed E-state index contributed by atoms with van der Waals surface area (Å²) in [6, 6.07) is 25.6. The molecule has 1 saturated heterocycles. The lowest BCUT2D eigenvalue weighted by atomic mass is 9.99. The minimum absolute atomic E-state index is 0.0590. The lowest BCUT2D eigenvalue weighted by Gasteiger charge is -2.35. The van der Waals surface area contributed by atoms with E-state index in [0.29, 0.717) is 34.4 Å². The van der Waals surface area contributed by atoms with Crippen LogP contribution in [0.4, 0.5) is 11.4 Å². The summed E-state index contributed by atoms with van der Waals surface area (Å²) < 4.78 is 21.6. The van der Waals surface area contributed by atoms with Gasteiger partial charge in [-0.2, -0.15) is 0 Å². The SMILES string of the molecule is COc1cc2c(cc1C)OCC(=O)N2CC(=O)N(C)C(CN1CCCC1)c1ccc(-c2ccccc2)cc1.COc1cc2c(cc1C)OCC(=O)N2CC(=O)O. The average Bonchev–Trinajstić information content (AvgIpc) is 3.72. The monoisotopic (exact) mass is 764 g/mol. The molecule has 1 N–H and O–H groups in total. The molecule has 3 aliphatic rings. The fourth-order valence-electron chi connectivity index (χ4n) is 7.19. The molecule has 0 bridgehead atoms. The van der Waals surface area contributed by atoms with Crippen LogP contribution < -0.4 is 28.7 Å². The number of nitrogens with zero attached hydrogens (tertiary/aromatic N) is 4. The highest BCUT2D eigenvalue weighted by Crippen LogP contribution is 2.39. The molecule has 13 heteroatoms. The quantitative estimate of drug-likeness (QED) is 0.208. The molecule has 4 aromatic rings. The zero-order valence-electron chi connectivity index (χ0n) is 32.4. The number of ether oxygens (including phenoxy) is 4. The van der Waals surface area contributed by atoms with E-state index in [2.05, 4.69) is 41.3 Å². The number of methoxy groups -OCH3 is 2. The lowest BCUT2D eigenvalue weighted by molar-refractivity contribution is -0.137. The molecule has 0 aliphatic carbocycles. The van der Waals surface area contributed by atoms with Crippen molar-refractivity contribution in [1.82, 2.24) is 9.80 Å². The van der Waals surface area contributed by atoms with Crippen molar-refractivity contribution in [1.29, 1.82) is 0 Å². The van der Waals surface area contributed by atoms with Gasteiger partial charge in [-0.3, -0.25) is 29.0 Å². The van der Waals surface area contributed by atoms with Gasteiger partial charge in [0.1, 0.15) is 36.1 Å². The third kappa shape index (κ3) is 8.89. The summed E-state index contributed by atoms with van der Waals surface area (Å²) in [5, 5.41) is 8.82. The van der Waals surface area contributed by atoms with Gasteiger partial charge < -0.3 is 33.9 Å². The number of carbonyl (C=O) groups is 4. The number of benzene rings is 4. The Labute approximate surface area is 326 Å². The first kappa shape index (κ1) is 39.6. The molecular formula is C43H48N4O9. The van der Waals surface area contributed by atoms with Crippen LogP contribution in [0.5, 0.6) is 23.0 Å². The molecule has 294 valence electrons. The smallest absolute Gasteiger partial charge is 0.323 e. The van der Waals surface area contributed by atoms with E-state index in [0.717, 1.165) is 47.5 Å². The van der Waals surface area contributed by atoms with Gasteiger partial charge in [-0.15, -0.1) is 0 Å². The number of carbonyl (C=O) groups excluding carboxylic acids is 3. The van der Waals surface area contributed by atoms with E-state index in [4.69, 9.17) is 24.1 Å². The van der Waals surface area contributed by atoms with E-state index in [1.165, 1.54) is 29.8 Å². The van der Waals surface area contributed by atoms with Gasteiger partial charge in [0, 0.05) is 25.7 Å². The van der Waals surface area contributed by atoms with Crippen molar-refractivity contribution in [2.45, 2.75) is 32.7 Å². The molecule has 1 atom stereocenters. The number of likely N-dealkylation sites (tertiary alicyclic amines) is 1. The van der Waals surface area contributed by atoms with Crippen LogP contribution in [0.15, 0.2) is 78.9 Å². The number of rotatable bonds is 11. The molecule has 1 fully saturated rings. The second kappa shape index (κ2) is 17.6. The number of carboxylic acids is 1. The van der Waals surface area contributed by atoms with Crippen LogP contribution in [0.3, 0.4) is 0 Å². The number of amides is 3. The van der Waals surface area contributed by atoms with Gasteiger partial charge in [0.05, 0.1) is 31.6 Å². The number of anilines is 2. The van der Waals surface area contributed by atoms with E-state index in [1.54, 1.807) is 30.2 Å². The first-order chi connectivity index (χ1) is 27.0. The topological polar surface area (TPSA) is 138 Å². The van der Waals surface area contributed by atoms with Crippen LogP contribution in [0.25, 0.3) is 11.1 Å². The van der Waals surface area contributed by atoms with Crippen LogP contribution in [0.1, 0.15) is 35.6 Å². The Bertz CT molecular complexity index is 2070. The molecule has 7 rings (SSSR count). The van der Waals surface area contributed by atoms with Gasteiger partial charge in [-0.05, 0) is 79.7 Å². The summed E-state index contributed by atoms with van der Waals surface area (Å²) >= 11 is 0. The average molecular weight is 765 g/mol. The summed E-state index contributed by atoms with van der Waals surface area (Å²) in [4.78, 5) is 55.9. The molecule has 0 aromatic heterocycles. The zero-order valence-corrected chi connectivity index (χ0v) is 32.4. The number of hydrogen-bond acceptors (Lipinski definition) is 9. The van der Waals surface area contributed by atoms with Crippen molar-refractivity contribution in [2.75, 3.05) is 77.0 Å². The number of hydrogen-bond donors (Lipinski definition) is 1. The van der Waals surface area contributed by atoms with E-state index in [-0.39, 0.29) is 50.1 Å². The van der Waals surface area contributed by atoms with E-state index >= 15 is 0 Å². The molecule has 3 amide bonds. The first-order valence-electron chi connectivity index (χ1n) is 18.6. The molecule has 0 saturated carbocycles. The fourth-order valence-corrected chi connectivity index (χ4v) is 7.19. The Balaban J connectivity index is 0.000000247. The highest BCUT2D eigenvalue weighted by molar-refractivity contribution is 6.03. The van der Waals surface area contributed by atoms with Gasteiger partial charge >= 0.3 is 5.97 Å². The predicted octanol–water partition coefficient (Wildman–Crippen LogP) is 5.51. The maximum Gasteiger partial charge on any atom is 0.323 e. The summed E-state index contributed by atoms with van der Waals surface area (Å²) in [5.74, 6) is 0.500. The zero-order chi connectivity index (χ0) is 39.9. The fraction of sp³-hybridized carbons (Fsp3) is 0.349. The van der Waals surface area contributed by atoms with Crippen LogP contribution in [0, 0.1) is 13.8 Å². The van der Waals surface area contributed by atoms with Crippen molar-refractivity contribution in [3.8, 4) is 34.1 Å². The molecule has 0 spiro atoms. The van der Waals surface area contributed by atoms with Crippen molar-refractivity contribution in [2.24, 2.45) is 0 Å². The Morgan fingerprint density at radius 3 is 1.75 bits per heavy atom.